The van der Waals surface area contributed by atoms with Gasteiger partial charge in [0, 0.05) is 0 Å². The van der Waals surface area contributed by atoms with Gasteiger partial charge in [0.05, 0.1) is 6.20 Å². The number of oxazole rings is 1. The highest BCUT2D eigenvalue weighted by Crippen LogP contribution is 1.72. The van der Waals surface area contributed by atoms with Gasteiger partial charge in [0.1, 0.15) is 12.0 Å². The molecule has 0 unspecified atom stereocenters. The van der Waals surface area contributed by atoms with Crippen molar-refractivity contribution < 1.29 is 14.3 Å². The van der Waals surface area contributed by atoms with E-state index in [1.165, 1.54) is 12.7 Å². The molecule has 0 aliphatic heterocycles. The van der Waals surface area contributed by atoms with E-state index in [2.05, 4.69) is 21.7 Å². The Morgan fingerprint density at radius 1 is 1.73 bits per heavy atom. The van der Waals surface area contributed by atoms with Crippen molar-refractivity contribution in [3.8, 4) is 0 Å². The highest BCUT2D eigenvalue weighted by Gasteiger charge is 1.91. The molecule has 1 aromatic heterocycles. The van der Waals surface area contributed by atoms with E-state index in [1.807, 2.05) is 0 Å². The topological polar surface area (TPSA) is 89.4 Å². The summed E-state index contributed by atoms with van der Waals surface area (Å²) in [5, 5.41) is 7.77. The fourth-order valence-corrected chi connectivity index (χ4v) is 0.176. The lowest BCUT2D eigenvalue weighted by atomic mass is 10.5. The average molecular weight is 156 g/mol. The molecule has 11 heavy (non-hydrogen) atoms. The molecule has 0 saturated heterocycles. The third-order valence-electron chi connectivity index (χ3n) is 0.622. The maximum atomic E-state index is 9.47. The minimum Gasteiger partial charge on any atom is -0.477 e. The number of carboxylic acids is 1. The monoisotopic (exact) mass is 156 g/mol. The van der Waals surface area contributed by atoms with Crippen LogP contribution in [0.2, 0.25) is 0 Å². The normalized spacial score (nSPS) is 7.64. The van der Waals surface area contributed by atoms with Crippen LogP contribution in [0.15, 0.2) is 35.5 Å². The van der Waals surface area contributed by atoms with Crippen molar-refractivity contribution in [2.24, 2.45) is 5.73 Å². The molecule has 0 atom stereocenters. The Hall–Kier alpha value is -1.78. The van der Waals surface area contributed by atoms with E-state index in [4.69, 9.17) is 5.11 Å². The summed E-state index contributed by atoms with van der Waals surface area (Å²) in [6, 6.07) is 0. The van der Waals surface area contributed by atoms with Gasteiger partial charge in [0.15, 0.2) is 6.39 Å². The maximum Gasteiger partial charge on any atom is 0.351 e. The lowest BCUT2D eigenvalue weighted by Crippen LogP contribution is -2.06. The van der Waals surface area contributed by atoms with Crippen molar-refractivity contribution in [1.29, 1.82) is 0 Å². The fraction of sp³-hybridized carbons (Fsp3) is 0. The van der Waals surface area contributed by atoms with Gasteiger partial charge in [-0.25, -0.2) is 9.78 Å². The summed E-state index contributed by atoms with van der Waals surface area (Å²) in [5.74, 6) is -1.16. The zero-order valence-corrected chi connectivity index (χ0v) is 5.73. The predicted molar refractivity (Wildman–Crippen MR) is 37.5 cm³/mol. The Morgan fingerprint density at radius 2 is 2.27 bits per heavy atom. The van der Waals surface area contributed by atoms with Crippen LogP contribution in [0.3, 0.4) is 0 Å². The number of carboxylic acid groups (broad SMARTS) is 1. The second kappa shape index (κ2) is 5.04. The Morgan fingerprint density at radius 3 is 2.36 bits per heavy atom. The lowest BCUT2D eigenvalue weighted by Gasteiger charge is -1.81. The molecule has 1 heterocycles. The van der Waals surface area contributed by atoms with Crippen molar-refractivity contribution in [2.75, 3.05) is 0 Å². The highest BCUT2D eigenvalue weighted by molar-refractivity contribution is 5.84. The van der Waals surface area contributed by atoms with Crippen LogP contribution >= 0.6 is 0 Å². The fourth-order valence-electron chi connectivity index (χ4n) is 0.176. The number of hydrogen-bond donors (Lipinski definition) is 2. The summed E-state index contributed by atoms with van der Waals surface area (Å²) in [6.45, 7) is 2.93. The first-order valence-corrected chi connectivity index (χ1v) is 2.64. The molecule has 0 aliphatic carbocycles. The largest absolute Gasteiger partial charge is 0.477 e. The van der Waals surface area contributed by atoms with Crippen molar-refractivity contribution in [1.82, 2.24) is 4.98 Å². The standard InChI is InChI=1S/C3H5NO2.C3H3NO/c1-2(4)3(5)6;1-2-5-3-4-1/h1,4H2,(H,5,6);1-3H. The molecule has 3 N–H and O–H groups in total. The van der Waals surface area contributed by atoms with Crippen LogP contribution in [0.25, 0.3) is 0 Å². The number of rotatable bonds is 1. The van der Waals surface area contributed by atoms with Crippen molar-refractivity contribution in [3.05, 3.63) is 31.1 Å². The molecule has 0 aromatic carbocycles. The minimum atomic E-state index is -1.16. The molecular formula is C6H8N2O3. The van der Waals surface area contributed by atoms with Crippen molar-refractivity contribution in [3.63, 3.8) is 0 Å². The van der Waals surface area contributed by atoms with Crippen LogP contribution in [0.4, 0.5) is 0 Å². The molecule has 0 amide bonds. The quantitative estimate of drug-likeness (QED) is 0.567. The Kier molecular flexibility index (Phi) is 4.22. The number of aromatic nitrogens is 1. The number of aliphatic carboxylic acids is 1. The van der Waals surface area contributed by atoms with Crippen LogP contribution < -0.4 is 5.73 Å². The first-order valence-electron chi connectivity index (χ1n) is 2.64. The third-order valence-corrected chi connectivity index (χ3v) is 0.622. The Balaban J connectivity index is 0.000000183. The molecule has 0 radical (unpaired) electrons. The number of nitrogens with two attached hydrogens (primary N) is 1. The third kappa shape index (κ3) is 6.10. The van der Waals surface area contributed by atoms with Gasteiger partial charge in [0.25, 0.3) is 0 Å². The number of nitrogens with zero attached hydrogens (tertiary/aromatic N) is 1. The van der Waals surface area contributed by atoms with Gasteiger partial charge in [-0.15, -0.1) is 0 Å². The van der Waals surface area contributed by atoms with E-state index < -0.39 is 5.97 Å². The molecule has 0 saturated carbocycles. The average Bonchev–Trinajstić information content (AvgIpc) is 2.41. The van der Waals surface area contributed by atoms with Crippen molar-refractivity contribution in [2.45, 2.75) is 0 Å². The second-order valence-corrected chi connectivity index (χ2v) is 1.51. The first kappa shape index (κ1) is 9.22. The van der Waals surface area contributed by atoms with Crippen molar-refractivity contribution >= 4 is 5.97 Å². The van der Waals surface area contributed by atoms with Gasteiger partial charge in [-0.05, 0) is 0 Å². The summed E-state index contributed by atoms with van der Waals surface area (Å²) in [5.41, 5.74) is 4.32. The second-order valence-electron chi connectivity index (χ2n) is 1.51. The molecule has 5 heteroatoms. The van der Waals surface area contributed by atoms with Gasteiger partial charge in [-0.2, -0.15) is 0 Å². The van der Waals surface area contributed by atoms with Crippen LogP contribution in [0.5, 0.6) is 0 Å². The maximum absolute atomic E-state index is 9.47. The van der Waals surface area contributed by atoms with Crippen LogP contribution in [0.1, 0.15) is 0 Å². The molecule has 0 spiro atoms. The Bertz CT molecular complexity index is 189. The van der Waals surface area contributed by atoms with Gasteiger partial charge in [-0.3, -0.25) is 0 Å². The Labute approximate surface area is 63.2 Å². The van der Waals surface area contributed by atoms with E-state index in [9.17, 15) is 4.79 Å². The zero-order valence-electron chi connectivity index (χ0n) is 5.73. The van der Waals surface area contributed by atoms with Gasteiger partial charge >= 0.3 is 5.97 Å². The van der Waals surface area contributed by atoms with Crippen LogP contribution in [0, 0.1) is 0 Å². The molecular weight excluding hydrogens is 148 g/mol. The molecule has 0 aliphatic rings. The molecule has 1 aromatic rings. The molecule has 1 rings (SSSR count). The van der Waals surface area contributed by atoms with E-state index in [0.29, 0.717) is 0 Å². The van der Waals surface area contributed by atoms with E-state index in [-0.39, 0.29) is 5.70 Å². The zero-order chi connectivity index (χ0) is 8.69. The molecule has 5 nitrogen and oxygen atoms in total. The number of hydrogen-bond acceptors (Lipinski definition) is 4. The number of carbonyl (C=O) groups is 1. The van der Waals surface area contributed by atoms with E-state index in [0.717, 1.165) is 0 Å². The predicted octanol–water partition coefficient (Wildman–Crippen LogP) is 0.218. The van der Waals surface area contributed by atoms with Gasteiger partial charge in [-0.1, -0.05) is 6.58 Å². The summed E-state index contributed by atoms with van der Waals surface area (Å²) < 4.78 is 4.47. The van der Waals surface area contributed by atoms with E-state index in [1.54, 1.807) is 6.20 Å². The summed E-state index contributed by atoms with van der Waals surface area (Å²) in [6.07, 6.45) is 4.47. The summed E-state index contributed by atoms with van der Waals surface area (Å²) in [4.78, 5) is 13.0. The highest BCUT2D eigenvalue weighted by atomic mass is 16.4. The summed E-state index contributed by atoms with van der Waals surface area (Å²) >= 11 is 0. The SMILES string of the molecule is C=C(N)C(=O)O.c1cocn1. The van der Waals surface area contributed by atoms with Crippen LogP contribution in [-0.2, 0) is 4.79 Å². The molecule has 60 valence electrons. The first-order chi connectivity index (χ1) is 5.14. The van der Waals surface area contributed by atoms with Crippen LogP contribution in [-0.4, -0.2) is 16.1 Å². The van der Waals surface area contributed by atoms with E-state index >= 15 is 0 Å². The molecule has 0 bridgehead atoms. The van der Waals surface area contributed by atoms with Gasteiger partial charge < -0.3 is 15.3 Å². The lowest BCUT2D eigenvalue weighted by molar-refractivity contribution is -0.132. The smallest absolute Gasteiger partial charge is 0.351 e. The summed E-state index contributed by atoms with van der Waals surface area (Å²) in [7, 11) is 0. The van der Waals surface area contributed by atoms with Gasteiger partial charge in [0.2, 0.25) is 0 Å². The molecule has 0 fully saturated rings. The minimum absolute atomic E-state index is 0.324.